The molecular formula is C26H18N2O2. The summed E-state index contributed by atoms with van der Waals surface area (Å²) in [4.78, 5) is 12.8. The van der Waals surface area contributed by atoms with E-state index in [1.165, 1.54) is 0 Å². The third kappa shape index (κ3) is 4.21. The zero-order valence-corrected chi connectivity index (χ0v) is 16.1. The molecule has 1 N–H and O–H groups in total. The fraction of sp³-hybridized carbons (Fsp3) is 0. The summed E-state index contributed by atoms with van der Waals surface area (Å²) in [5, 5.41) is 14.4. The van der Waals surface area contributed by atoms with E-state index in [-0.39, 0.29) is 5.57 Å². The van der Waals surface area contributed by atoms with Gasteiger partial charge in [0.25, 0.3) is 5.91 Å². The molecule has 4 aromatic rings. The molecule has 4 nitrogen and oxygen atoms in total. The molecular weight excluding hydrogens is 372 g/mol. The zero-order valence-electron chi connectivity index (χ0n) is 16.1. The second-order valence-electron chi connectivity index (χ2n) is 6.60. The molecule has 0 aromatic heterocycles. The van der Waals surface area contributed by atoms with Gasteiger partial charge >= 0.3 is 0 Å². The van der Waals surface area contributed by atoms with E-state index in [9.17, 15) is 10.1 Å². The Labute approximate surface area is 174 Å². The topological polar surface area (TPSA) is 62.1 Å². The third-order valence-corrected chi connectivity index (χ3v) is 4.59. The molecule has 0 spiro atoms. The van der Waals surface area contributed by atoms with Gasteiger partial charge in [-0.2, -0.15) is 5.26 Å². The number of benzene rings is 4. The third-order valence-electron chi connectivity index (χ3n) is 4.59. The van der Waals surface area contributed by atoms with Gasteiger partial charge in [-0.25, -0.2) is 0 Å². The van der Waals surface area contributed by atoms with Gasteiger partial charge in [0.15, 0.2) is 5.75 Å². The van der Waals surface area contributed by atoms with Crippen LogP contribution in [0.4, 0.5) is 5.69 Å². The lowest BCUT2D eigenvalue weighted by atomic mass is 10.0. The molecule has 0 radical (unpaired) electrons. The summed E-state index contributed by atoms with van der Waals surface area (Å²) in [5.74, 6) is 0.667. The SMILES string of the molecule is N#C/C(=C\c1cccc2ccccc12)C(=O)Nc1ccccc1Oc1ccccc1. The highest BCUT2D eigenvalue weighted by Crippen LogP contribution is 2.29. The van der Waals surface area contributed by atoms with Crippen LogP contribution in [0.5, 0.6) is 11.5 Å². The lowest BCUT2D eigenvalue weighted by Gasteiger charge is -2.12. The van der Waals surface area contributed by atoms with E-state index in [2.05, 4.69) is 5.32 Å². The average molecular weight is 390 g/mol. The van der Waals surface area contributed by atoms with Crippen LogP contribution in [0.25, 0.3) is 16.8 Å². The number of carbonyl (C=O) groups is 1. The normalized spacial score (nSPS) is 11.0. The van der Waals surface area contributed by atoms with Gasteiger partial charge in [0.1, 0.15) is 17.4 Å². The Bertz CT molecular complexity index is 1270. The predicted octanol–water partition coefficient (Wildman–Crippen LogP) is 6.18. The maximum Gasteiger partial charge on any atom is 0.266 e. The largest absolute Gasteiger partial charge is 0.455 e. The van der Waals surface area contributed by atoms with Crippen molar-refractivity contribution >= 4 is 28.4 Å². The van der Waals surface area contributed by atoms with Crippen molar-refractivity contribution in [1.82, 2.24) is 0 Å². The number of carbonyl (C=O) groups excluding carboxylic acids is 1. The molecule has 1 amide bonds. The lowest BCUT2D eigenvalue weighted by molar-refractivity contribution is -0.112. The van der Waals surface area contributed by atoms with Gasteiger partial charge in [-0.05, 0) is 46.7 Å². The second-order valence-corrected chi connectivity index (χ2v) is 6.60. The Morgan fingerprint density at radius 2 is 1.53 bits per heavy atom. The highest BCUT2D eigenvalue weighted by Gasteiger charge is 2.13. The van der Waals surface area contributed by atoms with Crippen LogP contribution in [0.1, 0.15) is 5.56 Å². The molecule has 0 fully saturated rings. The van der Waals surface area contributed by atoms with E-state index in [0.29, 0.717) is 17.2 Å². The second kappa shape index (κ2) is 8.76. The minimum absolute atomic E-state index is 0.0147. The van der Waals surface area contributed by atoms with Gasteiger partial charge in [0.2, 0.25) is 0 Å². The van der Waals surface area contributed by atoms with Crippen LogP contribution in [0.3, 0.4) is 0 Å². The number of hydrogen-bond acceptors (Lipinski definition) is 3. The van der Waals surface area contributed by atoms with Crippen LogP contribution >= 0.6 is 0 Å². The van der Waals surface area contributed by atoms with Crippen molar-refractivity contribution in [2.24, 2.45) is 0 Å². The minimum atomic E-state index is -0.491. The first-order valence-corrected chi connectivity index (χ1v) is 9.47. The summed E-state index contributed by atoms with van der Waals surface area (Å²) in [6.07, 6.45) is 1.61. The minimum Gasteiger partial charge on any atom is -0.455 e. The molecule has 144 valence electrons. The maximum atomic E-state index is 12.8. The van der Waals surface area contributed by atoms with Crippen molar-refractivity contribution in [2.75, 3.05) is 5.32 Å². The fourth-order valence-electron chi connectivity index (χ4n) is 3.14. The zero-order chi connectivity index (χ0) is 20.8. The molecule has 0 bridgehead atoms. The number of fused-ring (bicyclic) bond motifs is 1. The molecule has 0 aliphatic heterocycles. The summed E-state index contributed by atoms with van der Waals surface area (Å²) < 4.78 is 5.88. The van der Waals surface area contributed by atoms with E-state index < -0.39 is 5.91 Å². The number of ether oxygens (including phenoxy) is 1. The molecule has 0 saturated heterocycles. The van der Waals surface area contributed by atoms with E-state index in [1.54, 1.807) is 24.3 Å². The highest BCUT2D eigenvalue weighted by molar-refractivity contribution is 6.11. The standard InChI is InChI=1S/C26H18N2O2/c27-18-21(17-20-11-8-10-19-9-4-5-14-23(19)20)26(29)28-24-15-6-7-16-25(24)30-22-12-2-1-3-13-22/h1-17H,(H,28,29)/b21-17+. The van der Waals surface area contributed by atoms with Crippen molar-refractivity contribution in [3.05, 3.63) is 108 Å². The summed E-state index contributed by atoms with van der Waals surface area (Å²) >= 11 is 0. The molecule has 0 aliphatic carbocycles. The van der Waals surface area contributed by atoms with Crippen molar-refractivity contribution < 1.29 is 9.53 Å². The number of amides is 1. The number of para-hydroxylation sites is 3. The van der Waals surface area contributed by atoms with Crippen molar-refractivity contribution in [3.8, 4) is 17.6 Å². The molecule has 0 heterocycles. The van der Waals surface area contributed by atoms with Crippen LogP contribution in [0.2, 0.25) is 0 Å². The van der Waals surface area contributed by atoms with Crippen LogP contribution in [0.15, 0.2) is 103 Å². The summed E-state index contributed by atoms with van der Waals surface area (Å²) in [7, 11) is 0. The number of hydrogen-bond donors (Lipinski definition) is 1. The Kier molecular flexibility index (Phi) is 5.54. The van der Waals surface area contributed by atoms with Crippen molar-refractivity contribution in [1.29, 1.82) is 5.26 Å². The average Bonchev–Trinajstić information content (AvgIpc) is 2.79. The summed E-state index contributed by atoms with van der Waals surface area (Å²) in [6.45, 7) is 0. The first-order chi connectivity index (χ1) is 14.7. The molecule has 4 aromatic carbocycles. The van der Waals surface area contributed by atoms with Gasteiger partial charge in [-0.1, -0.05) is 72.8 Å². The highest BCUT2D eigenvalue weighted by atomic mass is 16.5. The molecule has 0 unspecified atom stereocenters. The maximum absolute atomic E-state index is 12.8. The van der Waals surface area contributed by atoms with E-state index in [4.69, 9.17) is 4.74 Å². The molecule has 0 aliphatic rings. The summed E-state index contributed by atoms with van der Waals surface area (Å²) in [5.41, 5.74) is 1.32. The lowest BCUT2D eigenvalue weighted by Crippen LogP contribution is -2.14. The molecule has 30 heavy (non-hydrogen) atoms. The van der Waals surface area contributed by atoms with Gasteiger partial charge in [-0.15, -0.1) is 0 Å². The Morgan fingerprint density at radius 3 is 2.37 bits per heavy atom. The van der Waals surface area contributed by atoms with Gasteiger partial charge in [-0.3, -0.25) is 4.79 Å². The smallest absolute Gasteiger partial charge is 0.266 e. The van der Waals surface area contributed by atoms with Crippen LogP contribution in [-0.2, 0) is 4.79 Å². The molecule has 0 saturated carbocycles. The first kappa shape index (κ1) is 19.0. The fourth-order valence-corrected chi connectivity index (χ4v) is 3.14. The number of nitrogens with zero attached hydrogens (tertiary/aromatic N) is 1. The Morgan fingerprint density at radius 1 is 0.833 bits per heavy atom. The van der Waals surface area contributed by atoms with Gasteiger partial charge < -0.3 is 10.1 Å². The van der Waals surface area contributed by atoms with Crippen LogP contribution in [0, 0.1) is 11.3 Å². The Balaban J connectivity index is 1.62. The molecule has 0 atom stereocenters. The van der Waals surface area contributed by atoms with E-state index >= 15 is 0 Å². The number of nitrogens with one attached hydrogen (secondary N) is 1. The Hall–Kier alpha value is -4.36. The quantitative estimate of drug-likeness (QED) is 0.327. The number of anilines is 1. The summed E-state index contributed by atoms with van der Waals surface area (Å²) in [6, 6.07) is 32.1. The van der Waals surface area contributed by atoms with Gasteiger partial charge in [0, 0.05) is 0 Å². The molecule has 4 rings (SSSR count). The van der Waals surface area contributed by atoms with Crippen molar-refractivity contribution in [2.45, 2.75) is 0 Å². The molecule has 4 heteroatoms. The van der Waals surface area contributed by atoms with Crippen molar-refractivity contribution in [3.63, 3.8) is 0 Å². The first-order valence-electron chi connectivity index (χ1n) is 9.47. The van der Waals surface area contributed by atoms with Gasteiger partial charge in [0.05, 0.1) is 5.69 Å². The van der Waals surface area contributed by atoms with Crippen LogP contribution < -0.4 is 10.1 Å². The monoisotopic (exact) mass is 390 g/mol. The van der Waals surface area contributed by atoms with E-state index in [0.717, 1.165) is 16.3 Å². The predicted molar refractivity (Wildman–Crippen MR) is 119 cm³/mol. The number of nitriles is 1. The number of rotatable bonds is 5. The van der Waals surface area contributed by atoms with E-state index in [1.807, 2.05) is 84.9 Å². The van der Waals surface area contributed by atoms with Crippen LogP contribution in [-0.4, -0.2) is 5.91 Å².